The van der Waals surface area contributed by atoms with Crippen molar-refractivity contribution < 1.29 is 14.6 Å². The van der Waals surface area contributed by atoms with Gasteiger partial charge in [0.15, 0.2) is 0 Å². The first-order valence-electron chi connectivity index (χ1n) is 6.93. The molecule has 7 heteroatoms. The number of aromatic nitrogens is 2. The van der Waals surface area contributed by atoms with Crippen molar-refractivity contribution >= 4 is 33.3 Å². The lowest BCUT2D eigenvalue weighted by atomic mass is 10.1. The fourth-order valence-electron chi connectivity index (χ4n) is 2.31. The van der Waals surface area contributed by atoms with Gasteiger partial charge in [-0.3, -0.25) is 0 Å². The lowest BCUT2D eigenvalue weighted by Crippen LogP contribution is -2.04. The average molecular weight is 329 g/mol. The topological polar surface area (TPSA) is 84.3 Å². The number of ether oxygens (including phenoxy) is 1. The smallest absolute Gasteiger partial charge is 0.338 e. The van der Waals surface area contributed by atoms with Crippen molar-refractivity contribution in [3.05, 3.63) is 46.6 Å². The molecular formula is C16H15N3O3S. The molecule has 0 saturated carbocycles. The Morgan fingerprint density at radius 2 is 2.22 bits per heavy atom. The van der Waals surface area contributed by atoms with Crippen LogP contribution in [0.4, 0.5) is 5.82 Å². The molecule has 0 bridgehead atoms. The van der Waals surface area contributed by atoms with E-state index in [4.69, 9.17) is 4.74 Å². The van der Waals surface area contributed by atoms with E-state index in [9.17, 15) is 9.90 Å². The monoisotopic (exact) mass is 329 g/mol. The van der Waals surface area contributed by atoms with Gasteiger partial charge in [0.2, 0.25) is 0 Å². The third-order valence-corrected chi connectivity index (χ3v) is 4.45. The summed E-state index contributed by atoms with van der Waals surface area (Å²) in [4.78, 5) is 19.5. The van der Waals surface area contributed by atoms with Crippen LogP contribution in [0.15, 0.2) is 29.9 Å². The molecule has 3 rings (SSSR count). The maximum absolute atomic E-state index is 11.2. The molecule has 1 aromatic carbocycles. The van der Waals surface area contributed by atoms with Gasteiger partial charge in [0, 0.05) is 17.5 Å². The van der Waals surface area contributed by atoms with E-state index < -0.39 is 5.97 Å². The molecular weight excluding hydrogens is 314 g/mol. The Balaban J connectivity index is 1.89. The quantitative estimate of drug-likeness (QED) is 0.747. The number of fused-ring (bicyclic) bond motifs is 1. The number of methoxy groups -OCH3 is 1. The van der Waals surface area contributed by atoms with Gasteiger partial charge in [0.25, 0.3) is 0 Å². The molecule has 0 saturated heterocycles. The Morgan fingerprint density at radius 1 is 1.39 bits per heavy atom. The van der Waals surface area contributed by atoms with E-state index in [1.165, 1.54) is 17.7 Å². The molecule has 0 aliphatic rings. The third kappa shape index (κ3) is 2.95. The molecule has 0 atom stereocenters. The summed E-state index contributed by atoms with van der Waals surface area (Å²) in [5, 5.41) is 14.0. The zero-order chi connectivity index (χ0) is 16.4. The van der Waals surface area contributed by atoms with E-state index >= 15 is 0 Å². The Morgan fingerprint density at radius 3 is 2.96 bits per heavy atom. The van der Waals surface area contributed by atoms with Crippen molar-refractivity contribution in [2.45, 2.75) is 13.5 Å². The van der Waals surface area contributed by atoms with Gasteiger partial charge in [-0.05, 0) is 18.6 Å². The van der Waals surface area contributed by atoms with E-state index in [1.807, 2.05) is 25.1 Å². The Hall–Kier alpha value is -2.67. The third-order valence-electron chi connectivity index (χ3n) is 3.47. The largest absolute Gasteiger partial charge is 0.496 e. The summed E-state index contributed by atoms with van der Waals surface area (Å²) >= 11 is 1.32. The molecule has 0 radical (unpaired) electrons. The number of carboxylic acid groups (broad SMARTS) is 1. The molecule has 0 unspecified atom stereocenters. The molecule has 2 N–H and O–H groups in total. The predicted octanol–water partition coefficient (Wildman–Crippen LogP) is 3.32. The second kappa shape index (κ2) is 6.21. The molecule has 0 aliphatic carbocycles. The normalized spacial score (nSPS) is 10.7. The molecule has 0 spiro atoms. The number of thiophene rings is 1. The average Bonchev–Trinajstić information content (AvgIpc) is 2.98. The van der Waals surface area contributed by atoms with Crippen molar-refractivity contribution in [2.75, 3.05) is 12.4 Å². The number of carbonyl (C=O) groups is 1. The van der Waals surface area contributed by atoms with Gasteiger partial charge in [0.1, 0.15) is 23.4 Å². The van der Waals surface area contributed by atoms with Crippen molar-refractivity contribution in [1.82, 2.24) is 9.97 Å². The Bertz CT molecular complexity index is 876. The number of rotatable bonds is 5. The van der Waals surface area contributed by atoms with Crippen molar-refractivity contribution in [3.63, 3.8) is 0 Å². The lowest BCUT2D eigenvalue weighted by Gasteiger charge is -2.11. The van der Waals surface area contributed by atoms with Crippen LogP contribution in [-0.2, 0) is 6.54 Å². The molecule has 2 heterocycles. The van der Waals surface area contributed by atoms with Gasteiger partial charge in [-0.2, -0.15) is 0 Å². The number of hydrogen-bond donors (Lipinski definition) is 2. The highest BCUT2D eigenvalue weighted by atomic mass is 32.1. The number of benzene rings is 1. The van der Waals surface area contributed by atoms with Crippen LogP contribution in [0.2, 0.25) is 0 Å². The first-order chi connectivity index (χ1) is 11.1. The second-order valence-corrected chi connectivity index (χ2v) is 5.90. The van der Waals surface area contributed by atoms with Gasteiger partial charge in [-0.15, -0.1) is 11.3 Å². The van der Waals surface area contributed by atoms with Gasteiger partial charge in [-0.1, -0.05) is 12.1 Å². The SMILES string of the molecule is COc1cc(C)ccc1CNc1ncnc2c(C(=O)O)csc12. The van der Waals surface area contributed by atoms with E-state index in [0.717, 1.165) is 21.6 Å². The maximum atomic E-state index is 11.2. The van der Waals surface area contributed by atoms with Crippen LogP contribution in [0.1, 0.15) is 21.5 Å². The van der Waals surface area contributed by atoms with Crippen molar-refractivity contribution in [2.24, 2.45) is 0 Å². The molecule has 0 aliphatic heterocycles. The minimum absolute atomic E-state index is 0.198. The van der Waals surface area contributed by atoms with E-state index in [1.54, 1.807) is 12.5 Å². The molecule has 3 aromatic rings. The van der Waals surface area contributed by atoms with Gasteiger partial charge in [0.05, 0.1) is 17.4 Å². The number of aryl methyl sites for hydroxylation is 1. The molecule has 2 aromatic heterocycles. The summed E-state index contributed by atoms with van der Waals surface area (Å²) in [5.74, 6) is 0.441. The highest BCUT2D eigenvalue weighted by Crippen LogP contribution is 2.30. The molecule has 6 nitrogen and oxygen atoms in total. The number of nitrogens with zero attached hydrogens (tertiary/aromatic N) is 2. The standard InChI is InChI=1S/C16H15N3O3S/c1-9-3-4-10(12(5-9)22-2)6-17-15-14-13(18-8-19-15)11(7-23-14)16(20)21/h3-5,7-8H,6H2,1-2H3,(H,20,21)(H,17,18,19). The Labute approximate surface area is 136 Å². The van der Waals surface area contributed by atoms with E-state index in [2.05, 4.69) is 15.3 Å². The number of carboxylic acids is 1. The first-order valence-corrected chi connectivity index (χ1v) is 7.81. The first kappa shape index (κ1) is 15.2. The number of anilines is 1. The van der Waals surface area contributed by atoms with E-state index in [0.29, 0.717) is 17.9 Å². The van der Waals surface area contributed by atoms with Crippen molar-refractivity contribution in [1.29, 1.82) is 0 Å². The van der Waals surface area contributed by atoms with Crippen LogP contribution in [0, 0.1) is 6.92 Å². The summed E-state index contributed by atoms with van der Waals surface area (Å²) in [6.07, 6.45) is 1.37. The minimum Gasteiger partial charge on any atom is -0.496 e. The van der Waals surface area contributed by atoms with Crippen LogP contribution >= 0.6 is 11.3 Å². The summed E-state index contributed by atoms with van der Waals surface area (Å²) in [6, 6.07) is 5.99. The maximum Gasteiger partial charge on any atom is 0.338 e. The fraction of sp³-hybridized carbons (Fsp3) is 0.188. The van der Waals surface area contributed by atoms with Crippen LogP contribution in [0.3, 0.4) is 0 Å². The van der Waals surface area contributed by atoms with Crippen LogP contribution in [-0.4, -0.2) is 28.2 Å². The zero-order valence-electron chi connectivity index (χ0n) is 12.7. The van der Waals surface area contributed by atoms with Gasteiger partial charge in [-0.25, -0.2) is 14.8 Å². The van der Waals surface area contributed by atoms with Gasteiger partial charge < -0.3 is 15.2 Å². The molecule has 118 valence electrons. The van der Waals surface area contributed by atoms with E-state index in [-0.39, 0.29) is 5.56 Å². The predicted molar refractivity (Wildman–Crippen MR) is 89.4 cm³/mol. The summed E-state index contributed by atoms with van der Waals surface area (Å²) in [6.45, 7) is 2.53. The lowest BCUT2D eigenvalue weighted by molar-refractivity contribution is 0.0699. The minimum atomic E-state index is -0.985. The molecule has 23 heavy (non-hydrogen) atoms. The summed E-state index contributed by atoms with van der Waals surface area (Å²) < 4.78 is 6.12. The second-order valence-electron chi connectivity index (χ2n) is 5.02. The summed E-state index contributed by atoms with van der Waals surface area (Å²) in [5.41, 5.74) is 2.78. The number of nitrogens with one attached hydrogen (secondary N) is 1. The van der Waals surface area contributed by atoms with Crippen molar-refractivity contribution in [3.8, 4) is 5.75 Å². The summed E-state index contributed by atoms with van der Waals surface area (Å²) in [7, 11) is 1.64. The zero-order valence-corrected chi connectivity index (χ0v) is 13.5. The highest BCUT2D eigenvalue weighted by Gasteiger charge is 2.15. The van der Waals surface area contributed by atoms with Gasteiger partial charge >= 0.3 is 5.97 Å². The number of aromatic carboxylic acids is 1. The molecule has 0 fully saturated rings. The Kier molecular flexibility index (Phi) is 4.12. The fourth-order valence-corrected chi connectivity index (χ4v) is 3.26. The number of hydrogen-bond acceptors (Lipinski definition) is 6. The van der Waals surface area contributed by atoms with Crippen LogP contribution in [0.25, 0.3) is 10.2 Å². The molecule has 0 amide bonds. The van der Waals surface area contributed by atoms with Crippen LogP contribution < -0.4 is 10.1 Å². The highest BCUT2D eigenvalue weighted by molar-refractivity contribution is 7.18. The van der Waals surface area contributed by atoms with Crippen LogP contribution in [0.5, 0.6) is 5.75 Å².